The predicted molar refractivity (Wildman–Crippen MR) is 12.6 cm³/mol. The fourth-order valence-corrected chi connectivity index (χ4v) is 0. The van der Waals surface area contributed by atoms with Gasteiger partial charge in [-0.25, -0.2) is 0 Å². The zero-order valence-electron chi connectivity index (χ0n) is 4.07. The molecule has 0 aliphatic heterocycles. The average molecular weight is 179 g/mol. The van der Waals surface area contributed by atoms with Gasteiger partial charge in [0.2, 0.25) is 0 Å². The Morgan fingerprint density at radius 3 is 1.57 bits per heavy atom. The molecule has 0 aliphatic rings. The first-order valence-corrected chi connectivity index (χ1v) is 0.908. The van der Waals surface area contributed by atoms with E-state index in [0.29, 0.717) is 0 Å². The number of carboxylic acids is 1. The Bertz CT molecular complexity index is 35.9. The topological polar surface area (TPSA) is 70.1 Å². The molecule has 3 nitrogen and oxygen atoms in total. The summed E-state index contributed by atoms with van der Waals surface area (Å²) in [6.07, 6.45) is 0. The molecule has 0 saturated heterocycles. The molecule has 0 heterocycles. The number of carbonyl (C=O) groups is 1. The maximum Gasteiger partial charge on any atom is 2.00 e. The van der Waals surface area contributed by atoms with Crippen molar-refractivity contribution in [3.05, 3.63) is 0 Å². The van der Waals surface area contributed by atoms with Gasteiger partial charge >= 0.3 is 68.5 Å². The summed E-state index contributed by atoms with van der Waals surface area (Å²) in [4.78, 5) is 8.89. The maximum atomic E-state index is 8.89. The van der Waals surface area contributed by atoms with E-state index in [9.17, 15) is 0 Å². The zero-order chi connectivity index (χ0) is 3.58. The molecule has 1 N–H and O–H groups in total. The van der Waals surface area contributed by atoms with Gasteiger partial charge in [0, 0.05) is 5.97 Å². The second-order valence-electron chi connectivity index (χ2n) is 0.492. The number of carboxylic acid groups (broad SMARTS) is 1. The fourth-order valence-electron chi connectivity index (χ4n) is 0. The number of rotatable bonds is 0. The minimum Gasteiger partial charge on any atom is -0.870 e. The summed E-state index contributed by atoms with van der Waals surface area (Å²) in [5, 5.41) is 8.89. The van der Waals surface area contributed by atoms with E-state index in [4.69, 9.17) is 9.90 Å². The van der Waals surface area contributed by atoms with Gasteiger partial charge in [0.05, 0.1) is 0 Å². The van der Waals surface area contributed by atoms with E-state index in [-0.39, 0.29) is 73.9 Å². The van der Waals surface area contributed by atoms with Crippen molar-refractivity contribution in [2.45, 2.75) is 6.92 Å². The molecule has 0 atom stereocenters. The average Bonchev–Trinajstić information content (AvgIpc) is 0.811. The Kier molecular flexibility index (Phi) is 52.5. The first-order chi connectivity index (χ1) is 1.73. The van der Waals surface area contributed by atoms with Crippen LogP contribution in [0.3, 0.4) is 0 Å². The molecule has 0 rings (SSSR count). The van der Waals surface area contributed by atoms with Crippen LogP contribution in [0.15, 0.2) is 0 Å². The fraction of sp³-hybridized carbons (Fsp3) is 0.500. The zero-order valence-corrected chi connectivity index (χ0v) is 8.13. The molecule has 0 aliphatic carbocycles. The summed E-state index contributed by atoms with van der Waals surface area (Å²) in [5.74, 6) is -1.08. The Labute approximate surface area is 95.1 Å². The van der Waals surface area contributed by atoms with Gasteiger partial charge in [-0.15, -0.1) is 0 Å². The third-order valence-corrected chi connectivity index (χ3v) is 0. The SMILES string of the molecule is CC(=O)[O-].[Cu+2].[K+].[OH-]. The van der Waals surface area contributed by atoms with Crippen molar-refractivity contribution < 1.29 is 83.8 Å². The van der Waals surface area contributed by atoms with Gasteiger partial charge in [0.15, 0.2) is 0 Å². The quantitative estimate of drug-likeness (QED) is 0.352. The van der Waals surface area contributed by atoms with E-state index in [1.165, 1.54) is 0 Å². The van der Waals surface area contributed by atoms with E-state index in [1.807, 2.05) is 0 Å². The van der Waals surface area contributed by atoms with Gasteiger partial charge in [-0.3, -0.25) is 0 Å². The van der Waals surface area contributed by atoms with Gasteiger partial charge in [-0.2, -0.15) is 0 Å². The Morgan fingerprint density at radius 1 is 1.57 bits per heavy atom. The molecule has 0 unspecified atom stereocenters. The van der Waals surface area contributed by atoms with Crippen LogP contribution in [0, 0.1) is 0 Å². The van der Waals surface area contributed by atoms with Crippen molar-refractivity contribution in [2.24, 2.45) is 0 Å². The van der Waals surface area contributed by atoms with Crippen molar-refractivity contribution >= 4 is 5.97 Å². The third kappa shape index (κ3) is 94.1. The van der Waals surface area contributed by atoms with E-state index in [1.54, 1.807) is 0 Å². The standard InChI is InChI=1S/C2H4O2.Cu.K.H2O/c1-2(3)4;;;/h1H3,(H,3,4);;;1H2/q;+2;+1;/p-2. The van der Waals surface area contributed by atoms with Gasteiger partial charge in [-0.1, -0.05) is 0 Å². The molecule has 0 aromatic carbocycles. The monoisotopic (exact) mass is 178 g/mol. The number of aliphatic carboxylic acids is 1. The summed E-state index contributed by atoms with van der Waals surface area (Å²) in [6.45, 7) is 0.972. The first kappa shape index (κ1) is 23.5. The first-order valence-electron chi connectivity index (χ1n) is 0.908. The van der Waals surface area contributed by atoms with Crippen LogP contribution < -0.4 is 56.5 Å². The van der Waals surface area contributed by atoms with Crippen molar-refractivity contribution in [3.63, 3.8) is 0 Å². The normalized spacial score (nSPS) is 3.57. The van der Waals surface area contributed by atoms with Crippen LogP contribution in [0.2, 0.25) is 0 Å². The number of carbonyl (C=O) groups excluding carboxylic acids is 1. The summed E-state index contributed by atoms with van der Waals surface area (Å²) in [5.41, 5.74) is 0. The molecule has 0 fully saturated rings. The number of hydrogen-bond acceptors (Lipinski definition) is 3. The van der Waals surface area contributed by atoms with Crippen molar-refractivity contribution in [1.29, 1.82) is 0 Å². The largest absolute Gasteiger partial charge is 2.00 e. The molecule has 5 heteroatoms. The Balaban J connectivity index is -0.0000000150. The molecular formula is C2H4CuKO3+. The predicted octanol–water partition coefficient (Wildman–Crippen LogP) is -4.42. The second kappa shape index (κ2) is 15.6. The number of hydrogen-bond donors (Lipinski definition) is 0. The molecule has 0 spiro atoms. The van der Waals surface area contributed by atoms with E-state index >= 15 is 0 Å². The summed E-state index contributed by atoms with van der Waals surface area (Å²) in [7, 11) is 0. The van der Waals surface area contributed by atoms with Crippen molar-refractivity contribution in [2.75, 3.05) is 0 Å². The van der Waals surface area contributed by atoms with E-state index in [2.05, 4.69) is 0 Å². The van der Waals surface area contributed by atoms with Crippen molar-refractivity contribution in [3.8, 4) is 0 Å². The molecular weight excluding hydrogens is 175 g/mol. The molecule has 1 radical (unpaired) electrons. The van der Waals surface area contributed by atoms with Gasteiger partial charge in [0.25, 0.3) is 0 Å². The smallest absolute Gasteiger partial charge is 0.870 e. The van der Waals surface area contributed by atoms with Crippen LogP contribution in [0.4, 0.5) is 0 Å². The van der Waals surface area contributed by atoms with Crippen LogP contribution in [0.1, 0.15) is 6.92 Å². The minimum atomic E-state index is -1.08. The van der Waals surface area contributed by atoms with E-state index < -0.39 is 5.97 Å². The van der Waals surface area contributed by atoms with Crippen molar-refractivity contribution in [1.82, 2.24) is 0 Å². The third-order valence-electron chi connectivity index (χ3n) is 0. The molecule has 0 saturated carbocycles. The summed E-state index contributed by atoms with van der Waals surface area (Å²) >= 11 is 0. The molecule has 0 aromatic heterocycles. The molecule has 0 aromatic rings. The van der Waals surface area contributed by atoms with Crippen LogP contribution in [-0.4, -0.2) is 11.4 Å². The van der Waals surface area contributed by atoms with Gasteiger partial charge in [0.1, 0.15) is 0 Å². The maximum absolute atomic E-state index is 8.89. The Hall–Kier alpha value is 1.59. The van der Waals surface area contributed by atoms with Gasteiger partial charge < -0.3 is 15.4 Å². The molecule has 7 heavy (non-hydrogen) atoms. The molecule has 0 amide bonds. The van der Waals surface area contributed by atoms with Crippen LogP contribution in [-0.2, 0) is 21.9 Å². The second-order valence-corrected chi connectivity index (χ2v) is 0.492. The Morgan fingerprint density at radius 2 is 1.57 bits per heavy atom. The minimum absolute atomic E-state index is 0. The van der Waals surface area contributed by atoms with Crippen LogP contribution in [0.5, 0.6) is 0 Å². The van der Waals surface area contributed by atoms with E-state index in [0.717, 1.165) is 6.92 Å². The molecule has 41 valence electrons. The van der Waals surface area contributed by atoms with Gasteiger partial charge in [-0.05, 0) is 6.92 Å². The molecule has 0 bridgehead atoms. The van der Waals surface area contributed by atoms with Crippen LogP contribution >= 0.6 is 0 Å². The summed E-state index contributed by atoms with van der Waals surface area (Å²) < 4.78 is 0. The van der Waals surface area contributed by atoms with Crippen LogP contribution in [0.25, 0.3) is 0 Å². The summed E-state index contributed by atoms with van der Waals surface area (Å²) in [6, 6.07) is 0.